The summed E-state index contributed by atoms with van der Waals surface area (Å²) < 4.78 is 7.62. The molecule has 1 aliphatic heterocycles. The molecular formula is C12H14N2O. The monoisotopic (exact) mass is 202 g/mol. The van der Waals surface area contributed by atoms with E-state index in [-0.39, 0.29) is 0 Å². The lowest BCUT2D eigenvalue weighted by Crippen LogP contribution is -2.09. The first kappa shape index (κ1) is 8.92. The fourth-order valence-electron chi connectivity index (χ4n) is 2.16. The predicted molar refractivity (Wildman–Crippen MR) is 58.7 cm³/mol. The fourth-order valence-corrected chi connectivity index (χ4v) is 2.16. The molecule has 0 saturated carbocycles. The second-order valence-corrected chi connectivity index (χ2v) is 4.12. The number of fused-ring (bicyclic) bond motifs is 1. The number of aromatic nitrogens is 2. The number of imidazole rings is 1. The van der Waals surface area contributed by atoms with Crippen LogP contribution in [-0.2, 0) is 11.3 Å². The third kappa shape index (κ3) is 1.63. The highest BCUT2D eigenvalue weighted by Crippen LogP contribution is 2.18. The first-order valence-electron chi connectivity index (χ1n) is 5.41. The minimum absolute atomic E-state index is 0.655. The largest absolute Gasteiger partial charge is 0.381 e. The second-order valence-electron chi connectivity index (χ2n) is 4.12. The summed E-state index contributed by atoms with van der Waals surface area (Å²) in [5.41, 5.74) is 2.31. The summed E-state index contributed by atoms with van der Waals surface area (Å²) in [5, 5.41) is 0. The molecule has 1 aliphatic rings. The summed E-state index contributed by atoms with van der Waals surface area (Å²) in [5.74, 6) is 0.655. The van der Waals surface area contributed by atoms with Crippen molar-refractivity contribution in [2.45, 2.75) is 13.0 Å². The molecule has 0 N–H and O–H groups in total. The van der Waals surface area contributed by atoms with E-state index < -0.39 is 0 Å². The number of benzene rings is 1. The Labute approximate surface area is 88.7 Å². The van der Waals surface area contributed by atoms with Gasteiger partial charge in [-0.2, -0.15) is 0 Å². The average Bonchev–Trinajstić information content (AvgIpc) is 2.89. The van der Waals surface area contributed by atoms with Gasteiger partial charge in [-0.05, 0) is 18.6 Å². The third-order valence-electron chi connectivity index (χ3n) is 3.01. The van der Waals surface area contributed by atoms with Crippen LogP contribution in [0.2, 0.25) is 0 Å². The van der Waals surface area contributed by atoms with E-state index in [2.05, 4.69) is 27.8 Å². The van der Waals surface area contributed by atoms with E-state index in [1.807, 2.05) is 12.4 Å². The van der Waals surface area contributed by atoms with Crippen molar-refractivity contribution in [1.82, 2.24) is 9.55 Å². The molecule has 0 radical (unpaired) electrons. The maximum absolute atomic E-state index is 5.38. The van der Waals surface area contributed by atoms with Crippen molar-refractivity contribution in [1.29, 1.82) is 0 Å². The van der Waals surface area contributed by atoms with Gasteiger partial charge in [0.15, 0.2) is 0 Å². The van der Waals surface area contributed by atoms with E-state index in [0.29, 0.717) is 5.92 Å². The molecule has 1 atom stereocenters. The molecule has 1 fully saturated rings. The molecule has 0 spiro atoms. The van der Waals surface area contributed by atoms with Gasteiger partial charge >= 0.3 is 0 Å². The molecule has 3 heteroatoms. The molecule has 2 aromatic rings. The van der Waals surface area contributed by atoms with Gasteiger partial charge in [-0.15, -0.1) is 0 Å². The molecule has 0 bridgehead atoms. The van der Waals surface area contributed by atoms with Crippen molar-refractivity contribution in [3.63, 3.8) is 0 Å². The fraction of sp³-hybridized carbons (Fsp3) is 0.417. The van der Waals surface area contributed by atoms with Crippen molar-refractivity contribution >= 4 is 11.0 Å². The topological polar surface area (TPSA) is 27.1 Å². The van der Waals surface area contributed by atoms with Crippen LogP contribution in [0.15, 0.2) is 30.6 Å². The number of ether oxygens (including phenoxy) is 1. The summed E-state index contributed by atoms with van der Waals surface area (Å²) in [6.07, 6.45) is 3.11. The van der Waals surface area contributed by atoms with Gasteiger partial charge in [0, 0.05) is 19.1 Å². The number of nitrogens with zero attached hydrogens (tertiary/aromatic N) is 2. The van der Waals surface area contributed by atoms with Gasteiger partial charge in [0.05, 0.1) is 24.0 Å². The van der Waals surface area contributed by atoms with Crippen LogP contribution in [0.25, 0.3) is 11.0 Å². The Morgan fingerprint density at radius 1 is 1.40 bits per heavy atom. The van der Waals surface area contributed by atoms with Crippen LogP contribution in [0.4, 0.5) is 0 Å². The van der Waals surface area contributed by atoms with Gasteiger partial charge < -0.3 is 9.30 Å². The summed E-state index contributed by atoms with van der Waals surface area (Å²) in [4.78, 5) is 4.38. The normalized spacial score (nSPS) is 21.2. The SMILES string of the molecule is c1ccc2c(c1)ncn2CC1CCOC1. The molecule has 0 aliphatic carbocycles. The molecule has 0 amide bonds. The Bertz CT molecular complexity index is 457. The van der Waals surface area contributed by atoms with Crippen LogP contribution >= 0.6 is 0 Å². The summed E-state index contributed by atoms with van der Waals surface area (Å²) in [7, 11) is 0. The molecule has 3 rings (SSSR count). The molecule has 15 heavy (non-hydrogen) atoms. The first-order valence-corrected chi connectivity index (χ1v) is 5.41. The van der Waals surface area contributed by atoms with Crippen molar-refractivity contribution < 1.29 is 4.74 Å². The van der Waals surface area contributed by atoms with Crippen LogP contribution in [0.5, 0.6) is 0 Å². The Kier molecular flexibility index (Phi) is 2.18. The quantitative estimate of drug-likeness (QED) is 0.745. The average molecular weight is 202 g/mol. The molecular weight excluding hydrogens is 188 g/mol. The van der Waals surface area contributed by atoms with Gasteiger partial charge in [0.25, 0.3) is 0 Å². The highest BCUT2D eigenvalue weighted by atomic mass is 16.5. The first-order chi connectivity index (χ1) is 7.43. The van der Waals surface area contributed by atoms with E-state index in [9.17, 15) is 0 Å². The lowest BCUT2D eigenvalue weighted by molar-refractivity contribution is 0.182. The van der Waals surface area contributed by atoms with Gasteiger partial charge in [-0.25, -0.2) is 4.98 Å². The van der Waals surface area contributed by atoms with Crippen LogP contribution in [-0.4, -0.2) is 22.8 Å². The van der Waals surface area contributed by atoms with Crippen LogP contribution in [0.1, 0.15) is 6.42 Å². The highest BCUT2D eigenvalue weighted by molar-refractivity contribution is 5.74. The zero-order chi connectivity index (χ0) is 10.1. The molecule has 1 aromatic carbocycles. The molecule has 1 aromatic heterocycles. The Hall–Kier alpha value is -1.35. The van der Waals surface area contributed by atoms with Crippen molar-refractivity contribution in [3.8, 4) is 0 Å². The van der Waals surface area contributed by atoms with Gasteiger partial charge in [-0.1, -0.05) is 12.1 Å². The summed E-state index contributed by atoms with van der Waals surface area (Å²) >= 11 is 0. The highest BCUT2D eigenvalue weighted by Gasteiger charge is 2.16. The minimum atomic E-state index is 0.655. The standard InChI is InChI=1S/C12H14N2O/c1-2-4-12-11(3-1)13-9-14(12)7-10-5-6-15-8-10/h1-4,9-10H,5-8H2. The lowest BCUT2D eigenvalue weighted by atomic mass is 10.1. The van der Waals surface area contributed by atoms with Gasteiger partial charge in [0.1, 0.15) is 0 Å². The molecule has 1 saturated heterocycles. The van der Waals surface area contributed by atoms with E-state index in [1.54, 1.807) is 0 Å². The molecule has 78 valence electrons. The predicted octanol–water partition coefficient (Wildman–Crippen LogP) is 2.07. The summed E-state index contributed by atoms with van der Waals surface area (Å²) in [6.45, 7) is 2.84. The molecule has 3 nitrogen and oxygen atoms in total. The maximum atomic E-state index is 5.38. The maximum Gasteiger partial charge on any atom is 0.0958 e. The summed E-state index contributed by atoms with van der Waals surface area (Å²) in [6, 6.07) is 8.26. The van der Waals surface area contributed by atoms with Gasteiger partial charge in [0.2, 0.25) is 0 Å². The number of para-hydroxylation sites is 2. The zero-order valence-electron chi connectivity index (χ0n) is 8.60. The number of hydrogen-bond acceptors (Lipinski definition) is 2. The smallest absolute Gasteiger partial charge is 0.0958 e. The van der Waals surface area contributed by atoms with Crippen molar-refractivity contribution in [3.05, 3.63) is 30.6 Å². The molecule has 1 unspecified atom stereocenters. The van der Waals surface area contributed by atoms with Crippen LogP contribution < -0.4 is 0 Å². The second kappa shape index (κ2) is 3.66. The van der Waals surface area contributed by atoms with Crippen LogP contribution in [0, 0.1) is 5.92 Å². The van der Waals surface area contributed by atoms with Crippen LogP contribution in [0.3, 0.4) is 0 Å². The molecule has 2 heterocycles. The van der Waals surface area contributed by atoms with E-state index >= 15 is 0 Å². The lowest BCUT2D eigenvalue weighted by Gasteiger charge is -2.08. The Balaban J connectivity index is 1.90. The van der Waals surface area contributed by atoms with Crippen molar-refractivity contribution in [2.75, 3.05) is 13.2 Å². The Morgan fingerprint density at radius 2 is 2.33 bits per heavy atom. The van der Waals surface area contributed by atoms with E-state index in [4.69, 9.17) is 4.74 Å². The van der Waals surface area contributed by atoms with E-state index in [1.165, 1.54) is 11.9 Å². The number of rotatable bonds is 2. The Morgan fingerprint density at radius 3 is 3.20 bits per heavy atom. The zero-order valence-corrected chi connectivity index (χ0v) is 8.60. The number of hydrogen-bond donors (Lipinski definition) is 0. The van der Waals surface area contributed by atoms with Crippen molar-refractivity contribution in [2.24, 2.45) is 5.92 Å². The van der Waals surface area contributed by atoms with E-state index in [0.717, 1.165) is 25.3 Å². The minimum Gasteiger partial charge on any atom is -0.381 e. The third-order valence-corrected chi connectivity index (χ3v) is 3.01. The van der Waals surface area contributed by atoms with Gasteiger partial charge in [-0.3, -0.25) is 0 Å².